The van der Waals surface area contributed by atoms with Crippen molar-refractivity contribution in [2.75, 3.05) is 60.0 Å². The van der Waals surface area contributed by atoms with E-state index in [0.717, 1.165) is 50.8 Å². The Morgan fingerprint density at radius 2 is 1.91 bits per heavy atom. The van der Waals surface area contributed by atoms with E-state index >= 15 is 0 Å². The quantitative estimate of drug-likeness (QED) is 0.565. The molecule has 3 heterocycles. The minimum absolute atomic E-state index is 0.0223. The maximum atomic E-state index is 5.97. The zero-order valence-corrected chi connectivity index (χ0v) is 19.7. The molecule has 1 atom stereocenters. The van der Waals surface area contributed by atoms with Gasteiger partial charge in [-0.05, 0) is 37.7 Å². The first-order valence-corrected chi connectivity index (χ1v) is 11.6. The topological polar surface area (TPSA) is 61.2 Å². The van der Waals surface area contributed by atoms with Crippen molar-refractivity contribution in [3.05, 3.63) is 53.3 Å². The van der Waals surface area contributed by atoms with Crippen molar-refractivity contribution >= 4 is 5.96 Å². The van der Waals surface area contributed by atoms with E-state index in [2.05, 4.69) is 61.4 Å². The largest absolute Gasteiger partial charge is 0.370 e. The van der Waals surface area contributed by atoms with Gasteiger partial charge in [0.15, 0.2) is 5.96 Å². The second kappa shape index (κ2) is 10.9. The molecule has 2 saturated heterocycles. The van der Waals surface area contributed by atoms with E-state index in [1.54, 1.807) is 0 Å². The normalized spacial score (nSPS) is 21.5. The van der Waals surface area contributed by atoms with Crippen LogP contribution in [0, 0.1) is 0 Å². The summed E-state index contributed by atoms with van der Waals surface area (Å²) in [7, 11) is 6.00. The Morgan fingerprint density at radius 1 is 1.09 bits per heavy atom. The average molecular weight is 440 g/mol. The van der Waals surface area contributed by atoms with E-state index < -0.39 is 0 Å². The Labute approximate surface area is 191 Å². The molecule has 1 aromatic carbocycles. The summed E-state index contributed by atoms with van der Waals surface area (Å²) >= 11 is 0. The van der Waals surface area contributed by atoms with Gasteiger partial charge in [-0.25, -0.2) is 0 Å². The third-order valence-corrected chi connectivity index (χ3v) is 6.37. The lowest BCUT2D eigenvalue weighted by molar-refractivity contribution is -0.00805. The first-order valence-electron chi connectivity index (χ1n) is 11.6. The number of aryl methyl sites for hydroxylation is 1. The summed E-state index contributed by atoms with van der Waals surface area (Å²) in [6, 6.07) is 9.00. The molecule has 0 saturated carbocycles. The van der Waals surface area contributed by atoms with Gasteiger partial charge >= 0.3 is 0 Å². The lowest BCUT2D eigenvalue weighted by Gasteiger charge is -2.34. The number of morpholine rings is 1. The zero-order chi connectivity index (χ0) is 22.3. The highest BCUT2D eigenvalue weighted by molar-refractivity contribution is 5.80. The summed E-state index contributed by atoms with van der Waals surface area (Å²) < 4.78 is 7.79. The molecule has 8 nitrogen and oxygen atoms in total. The van der Waals surface area contributed by atoms with Gasteiger partial charge in [-0.2, -0.15) is 5.10 Å². The number of guanidine groups is 1. The minimum atomic E-state index is 0.0223. The van der Waals surface area contributed by atoms with E-state index in [0.29, 0.717) is 6.61 Å². The number of nitrogens with one attached hydrogen (secondary N) is 1. The molecule has 4 rings (SSSR count). The SMILES string of the molecule is CN=C(NCc1ccc(CN2CCCN(C)CC2)cc1)N1CCOC(c2cnn(C)c2)C1. The van der Waals surface area contributed by atoms with E-state index in [1.165, 1.54) is 30.6 Å². The van der Waals surface area contributed by atoms with Crippen LogP contribution in [0.3, 0.4) is 0 Å². The molecule has 1 aromatic heterocycles. The maximum Gasteiger partial charge on any atom is 0.194 e. The van der Waals surface area contributed by atoms with Crippen molar-refractivity contribution in [2.45, 2.75) is 25.6 Å². The number of rotatable bonds is 5. The number of nitrogens with zero attached hydrogens (tertiary/aromatic N) is 6. The third kappa shape index (κ3) is 6.09. The van der Waals surface area contributed by atoms with E-state index in [1.807, 2.05) is 31.2 Å². The van der Waals surface area contributed by atoms with Gasteiger partial charge in [-0.3, -0.25) is 14.6 Å². The molecule has 0 radical (unpaired) electrons. The van der Waals surface area contributed by atoms with Crippen molar-refractivity contribution in [3.8, 4) is 0 Å². The van der Waals surface area contributed by atoms with Crippen LogP contribution >= 0.6 is 0 Å². The first kappa shape index (κ1) is 22.8. The first-order chi connectivity index (χ1) is 15.6. The molecular weight excluding hydrogens is 402 g/mol. The molecule has 2 aliphatic rings. The van der Waals surface area contributed by atoms with Crippen LogP contribution in [0.4, 0.5) is 0 Å². The Bertz CT molecular complexity index is 879. The summed E-state index contributed by atoms with van der Waals surface area (Å²) in [5.74, 6) is 0.917. The van der Waals surface area contributed by atoms with Crippen LogP contribution in [0.5, 0.6) is 0 Å². The Kier molecular flexibility index (Phi) is 7.78. The minimum Gasteiger partial charge on any atom is -0.370 e. The molecule has 0 spiro atoms. The fourth-order valence-corrected chi connectivity index (χ4v) is 4.44. The van der Waals surface area contributed by atoms with Crippen molar-refractivity contribution in [1.82, 2.24) is 29.8 Å². The number of aromatic nitrogens is 2. The Balaban J connectivity index is 1.28. The Hall–Kier alpha value is -2.42. The van der Waals surface area contributed by atoms with Crippen LogP contribution in [0.1, 0.15) is 29.2 Å². The van der Waals surface area contributed by atoms with Crippen molar-refractivity contribution < 1.29 is 4.74 Å². The molecular formula is C24H37N7O. The van der Waals surface area contributed by atoms with Crippen LogP contribution in [0.2, 0.25) is 0 Å². The second-order valence-electron chi connectivity index (χ2n) is 8.90. The summed E-state index contributed by atoms with van der Waals surface area (Å²) in [6.07, 6.45) is 5.18. The molecule has 0 bridgehead atoms. The molecule has 0 amide bonds. The van der Waals surface area contributed by atoms with Crippen LogP contribution in [-0.2, 0) is 24.9 Å². The van der Waals surface area contributed by atoms with Crippen molar-refractivity contribution in [1.29, 1.82) is 0 Å². The molecule has 1 N–H and O–H groups in total. The number of hydrogen-bond acceptors (Lipinski definition) is 5. The monoisotopic (exact) mass is 439 g/mol. The lowest BCUT2D eigenvalue weighted by Crippen LogP contribution is -2.47. The molecule has 2 aliphatic heterocycles. The zero-order valence-electron chi connectivity index (χ0n) is 19.7. The lowest BCUT2D eigenvalue weighted by atomic mass is 10.1. The average Bonchev–Trinajstić information content (AvgIpc) is 3.15. The van der Waals surface area contributed by atoms with Gasteiger partial charge in [0.2, 0.25) is 0 Å². The van der Waals surface area contributed by atoms with Crippen LogP contribution in [0.15, 0.2) is 41.7 Å². The van der Waals surface area contributed by atoms with Gasteiger partial charge in [0.05, 0.1) is 19.3 Å². The number of likely N-dealkylation sites (N-methyl/N-ethyl adjacent to an activating group) is 1. The van der Waals surface area contributed by atoms with Crippen LogP contribution in [0.25, 0.3) is 0 Å². The highest BCUT2D eigenvalue weighted by Gasteiger charge is 2.25. The van der Waals surface area contributed by atoms with Gasteiger partial charge in [-0.1, -0.05) is 24.3 Å². The number of aliphatic imine (C=N–C) groups is 1. The van der Waals surface area contributed by atoms with Crippen molar-refractivity contribution in [3.63, 3.8) is 0 Å². The summed E-state index contributed by atoms with van der Waals surface area (Å²) in [5, 5.41) is 7.81. The molecule has 8 heteroatoms. The summed E-state index contributed by atoms with van der Waals surface area (Å²) in [4.78, 5) is 11.8. The summed E-state index contributed by atoms with van der Waals surface area (Å²) in [6.45, 7) is 8.78. The molecule has 0 aliphatic carbocycles. The molecule has 2 aromatic rings. The fourth-order valence-electron chi connectivity index (χ4n) is 4.44. The van der Waals surface area contributed by atoms with E-state index in [-0.39, 0.29) is 6.10 Å². The van der Waals surface area contributed by atoms with Gasteiger partial charge < -0.3 is 19.9 Å². The fraction of sp³-hybridized carbons (Fsp3) is 0.583. The number of benzene rings is 1. The smallest absolute Gasteiger partial charge is 0.194 e. The highest BCUT2D eigenvalue weighted by atomic mass is 16.5. The van der Waals surface area contributed by atoms with E-state index in [9.17, 15) is 0 Å². The highest BCUT2D eigenvalue weighted by Crippen LogP contribution is 2.21. The standard InChI is InChI=1S/C24H37N7O/c1-25-24(31-13-14-32-23(19-31)22-16-27-29(3)18-22)26-15-20-5-7-21(8-6-20)17-30-10-4-9-28(2)11-12-30/h5-8,16,18,23H,4,9-15,17,19H2,1-3H3,(H,25,26). The van der Waals surface area contributed by atoms with Crippen LogP contribution < -0.4 is 5.32 Å². The van der Waals surface area contributed by atoms with E-state index in [4.69, 9.17) is 4.74 Å². The predicted molar refractivity (Wildman–Crippen MR) is 128 cm³/mol. The number of ether oxygens (including phenoxy) is 1. The van der Waals surface area contributed by atoms with Gasteiger partial charge in [0, 0.05) is 58.6 Å². The maximum absolute atomic E-state index is 5.97. The second-order valence-corrected chi connectivity index (χ2v) is 8.90. The summed E-state index contributed by atoms with van der Waals surface area (Å²) in [5.41, 5.74) is 3.76. The van der Waals surface area contributed by atoms with Gasteiger partial charge in [0.1, 0.15) is 6.10 Å². The van der Waals surface area contributed by atoms with Gasteiger partial charge in [0.25, 0.3) is 0 Å². The Morgan fingerprint density at radius 3 is 2.66 bits per heavy atom. The van der Waals surface area contributed by atoms with Crippen molar-refractivity contribution in [2.24, 2.45) is 12.0 Å². The molecule has 174 valence electrons. The van der Waals surface area contributed by atoms with Gasteiger partial charge in [-0.15, -0.1) is 0 Å². The van der Waals surface area contributed by atoms with Crippen LogP contribution in [-0.4, -0.2) is 90.4 Å². The third-order valence-electron chi connectivity index (χ3n) is 6.37. The molecule has 32 heavy (non-hydrogen) atoms. The predicted octanol–water partition coefficient (Wildman–Crippen LogP) is 1.71. The number of hydrogen-bond donors (Lipinski definition) is 1. The molecule has 2 fully saturated rings. The molecule has 1 unspecified atom stereocenters.